The molecule has 0 atom stereocenters. The van der Waals surface area contributed by atoms with Gasteiger partial charge in [0.05, 0.1) is 31.5 Å². The molecule has 0 saturated carbocycles. The molecule has 0 aliphatic rings. The van der Waals surface area contributed by atoms with Crippen LogP contribution in [0.25, 0.3) is 10.8 Å². The first-order chi connectivity index (χ1) is 19.6. The summed E-state index contributed by atoms with van der Waals surface area (Å²) in [6.45, 7) is 5.17. The van der Waals surface area contributed by atoms with Gasteiger partial charge in [-0.2, -0.15) is 0 Å². The third-order valence-corrected chi connectivity index (χ3v) is 6.80. The first-order valence-corrected chi connectivity index (χ1v) is 15.1. The van der Waals surface area contributed by atoms with Gasteiger partial charge in [0.25, 0.3) is 0 Å². The van der Waals surface area contributed by atoms with E-state index in [4.69, 9.17) is 14.2 Å². The van der Waals surface area contributed by atoms with Crippen LogP contribution in [0.15, 0.2) is 66.7 Å². The van der Waals surface area contributed by atoms with E-state index in [1.54, 1.807) is 31.4 Å². The molecule has 0 radical (unpaired) electrons. The van der Waals surface area contributed by atoms with Crippen molar-refractivity contribution in [2.45, 2.75) is 90.9 Å². The van der Waals surface area contributed by atoms with Gasteiger partial charge in [-0.15, -0.1) is 0 Å². The topological polar surface area (TPSA) is 61.8 Å². The molecule has 218 valence electrons. The first kappa shape index (κ1) is 32.9. The van der Waals surface area contributed by atoms with Gasteiger partial charge in [0.1, 0.15) is 5.75 Å². The second kappa shape index (κ2) is 20.5. The van der Waals surface area contributed by atoms with Gasteiger partial charge < -0.3 is 14.2 Å². The summed E-state index contributed by atoms with van der Waals surface area (Å²) in [4.78, 5) is 24.7. The molecule has 0 saturated heterocycles. The first-order valence-electron chi connectivity index (χ1n) is 15.1. The predicted molar refractivity (Wildman–Crippen MR) is 164 cm³/mol. The van der Waals surface area contributed by atoms with E-state index in [0.717, 1.165) is 31.4 Å². The summed E-state index contributed by atoms with van der Waals surface area (Å²) in [6, 6.07) is 21.0. The number of carbonyl (C=O) groups excluding carboxylic acids is 2. The highest BCUT2D eigenvalue weighted by Crippen LogP contribution is 2.24. The van der Waals surface area contributed by atoms with E-state index in [2.05, 4.69) is 32.0 Å². The fourth-order valence-electron chi connectivity index (χ4n) is 4.46. The summed E-state index contributed by atoms with van der Waals surface area (Å²) in [5, 5.41) is 2.39. The molecule has 0 unspecified atom stereocenters. The Bertz CT molecular complexity index is 1070. The molecular formula is C35H48O5. The van der Waals surface area contributed by atoms with E-state index in [0.29, 0.717) is 24.3 Å². The SMILES string of the molecule is CCCCCCCCOC(=O)c1ccccc1C(=O)OCCCCCCCC.COc1cccc2ccccc12. The number of hydrogen-bond donors (Lipinski definition) is 0. The third-order valence-electron chi connectivity index (χ3n) is 6.80. The Morgan fingerprint density at radius 3 is 1.52 bits per heavy atom. The van der Waals surface area contributed by atoms with E-state index < -0.39 is 11.9 Å². The highest BCUT2D eigenvalue weighted by molar-refractivity contribution is 6.03. The smallest absolute Gasteiger partial charge is 0.339 e. The van der Waals surface area contributed by atoms with Crippen LogP contribution in [0.2, 0.25) is 0 Å². The summed E-state index contributed by atoms with van der Waals surface area (Å²) in [7, 11) is 1.70. The van der Waals surface area contributed by atoms with Crippen molar-refractivity contribution in [1.29, 1.82) is 0 Å². The lowest BCUT2D eigenvalue weighted by Gasteiger charge is -2.10. The normalized spacial score (nSPS) is 10.5. The van der Waals surface area contributed by atoms with Crippen LogP contribution in [0.3, 0.4) is 0 Å². The van der Waals surface area contributed by atoms with Crippen molar-refractivity contribution < 1.29 is 23.8 Å². The highest BCUT2D eigenvalue weighted by Gasteiger charge is 2.18. The molecule has 5 nitrogen and oxygen atoms in total. The molecular weight excluding hydrogens is 500 g/mol. The highest BCUT2D eigenvalue weighted by atomic mass is 16.5. The number of carbonyl (C=O) groups is 2. The number of unbranched alkanes of at least 4 members (excludes halogenated alkanes) is 10. The number of ether oxygens (including phenoxy) is 3. The lowest BCUT2D eigenvalue weighted by Crippen LogP contribution is -2.15. The van der Waals surface area contributed by atoms with E-state index in [9.17, 15) is 9.59 Å². The van der Waals surface area contributed by atoms with Crippen molar-refractivity contribution in [2.24, 2.45) is 0 Å². The molecule has 0 amide bonds. The van der Waals surface area contributed by atoms with Crippen molar-refractivity contribution in [3.8, 4) is 5.75 Å². The van der Waals surface area contributed by atoms with E-state index in [1.807, 2.05) is 24.3 Å². The second-order valence-corrected chi connectivity index (χ2v) is 10.0. The van der Waals surface area contributed by atoms with Gasteiger partial charge in [-0.25, -0.2) is 9.59 Å². The van der Waals surface area contributed by atoms with Crippen LogP contribution < -0.4 is 4.74 Å². The molecule has 5 heteroatoms. The monoisotopic (exact) mass is 548 g/mol. The zero-order valence-electron chi connectivity index (χ0n) is 24.8. The standard InChI is InChI=1S/C24H38O4.C11H10O/c1-3-5-7-9-11-15-19-27-23(25)21-17-13-14-18-22(21)24(26)28-20-16-12-10-8-6-4-2;1-12-11-8-4-6-9-5-2-3-7-10(9)11/h13-14,17-18H,3-12,15-16,19-20H2,1-2H3;2-8H,1H3. The Balaban J connectivity index is 0.000000382. The van der Waals surface area contributed by atoms with E-state index in [-0.39, 0.29) is 0 Å². The minimum Gasteiger partial charge on any atom is -0.496 e. The zero-order chi connectivity index (χ0) is 28.8. The Morgan fingerprint density at radius 2 is 1.00 bits per heavy atom. The zero-order valence-corrected chi connectivity index (χ0v) is 24.8. The Hall–Kier alpha value is -3.34. The third kappa shape index (κ3) is 12.2. The summed E-state index contributed by atoms with van der Waals surface area (Å²) in [5.41, 5.74) is 0.586. The molecule has 0 aromatic heterocycles. The summed E-state index contributed by atoms with van der Waals surface area (Å²) < 4.78 is 15.9. The van der Waals surface area contributed by atoms with Crippen LogP contribution in [0, 0.1) is 0 Å². The maximum absolute atomic E-state index is 12.4. The molecule has 3 aromatic carbocycles. The molecule has 0 N–H and O–H groups in total. The van der Waals surface area contributed by atoms with E-state index >= 15 is 0 Å². The van der Waals surface area contributed by atoms with Gasteiger partial charge in [0, 0.05) is 5.39 Å². The largest absolute Gasteiger partial charge is 0.496 e. The van der Waals surface area contributed by atoms with Crippen LogP contribution in [0.1, 0.15) is 112 Å². The molecule has 0 aliphatic carbocycles. The molecule has 0 bridgehead atoms. The van der Waals surface area contributed by atoms with Crippen molar-refractivity contribution in [3.05, 3.63) is 77.9 Å². The number of benzene rings is 3. The number of hydrogen-bond acceptors (Lipinski definition) is 5. The summed E-state index contributed by atoms with van der Waals surface area (Å²) in [5.74, 6) is 0.0504. The summed E-state index contributed by atoms with van der Waals surface area (Å²) in [6.07, 6.45) is 13.6. The van der Waals surface area contributed by atoms with Gasteiger partial charge >= 0.3 is 11.9 Å². The molecule has 3 aromatic rings. The van der Waals surface area contributed by atoms with Gasteiger partial charge in [-0.3, -0.25) is 0 Å². The molecule has 0 heterocycles. The molecule has 40 heavy (non-hydrogen) atoms. The Kier molecular flexibility index (Phi) is 16.9. The maximum Gasteiger partial charge on any atom is 0.339 e. The second-order valence-electron chi connectivity index (χ2n) is 10.0. The van der Waals surface area contributed by atoms with Crippen molar-refractivity contribution >= 4 is 22.7 Å². The minimum absolute atomic E-state index is 0.293. The number of methoxy groups -OCH3 is 1. The predicted octanol–water partition coefficient (Wildman–Crippen LogP) is 9.57. The molecule has 0 aliphatic heterocycles. The number of rotatable bonds is 17. The van der Waals surface area contributed by atoms with Gasteiger partial charge in [-0.1, -0.05) is 127 Å². The van der Waals surface area contributed by atoms with Crippen molar-refractivity contribution in [3.63, 3.8) is 0 Å². The maximum atomic E-state index is 12.4. The fourth-order valence-corrected chi connectivity index (χ4v) is 4.46. The molecule has 0 spiro atoms. The van der Waals surface area contributed by atoms with Crippen LogP contribution in [-0.4, -0.2) is 32.3 Å². The minimum atomic E-state index is -0.444. The van der Waals surface area contributed by atoms with Crippen LogP contribution >= 0.6 is 0 Å². The van der Waals surface area contributed by atoms with Gasteiger partial charge in [0.15, 0.2) is 0 Å². The van der Waals surface area contributed by atoms with Crippen LogP contribution in [-0.2, 0) is 9.47 Å². The average Bonchev–Trinajstić information content (AvgIpc) is 3.00. The van der Waals surface area contributed by atoms with Crippen molar-refractivity contribution in [1.82, 2.24) is 0 Å². The van der Waals surface area contributed by atoms with Crippen molar-refractivity contribution in [2.75, 3.05) is 20.3 Å². The number of fused-ring (bicyclic) bond motifs is 1. The quantitative estimate of drug-likeness (QED) is 0.124. The lowest BCUT2D eigenvalue weighted by molar-refractivity contribution is 0.0450. The van der Waals surface area contributed by atoms with Gasteiger partial charge in [0.2, 0.25) is 0 Å². The molecule has 0 fully saturated rings. The van der Waals surface area contributed by atoms with Crippen LogP contribution in [0.4, 0.5) is 0 Å². The lowest BCUT2D eigenvalue weighted by atomic mass is 10.1. The Morgan fingerprint density at radius 1 is 0.550 bits per heavy atom. The van der Waals surface area contributed by atoms with Crippen LogP contribution in [0.5, 0.6) is 5.75 Å². The fraction of sp³-hybridized carbons (Fsp3) is 0.486. The summed E-state index contributed by atoms with van der Waals surface area (Å²) >= 11 is 0. The van der Waals surface area contributed by atoms with E-state index in [1.165, 1.54) is 62.1 Å². The molecule has 3 rings (SSSR count). The Labute approximate surface area is 241 Å². The van der Waals surface area contributed by atoms with Gasteiger partial charge in [-0.05, 0) is 36.4 Å². The average molecular weight is 549 g/mol. The number of esters is 2.